The van der Waals surface area contributed by atoms with E-state index in [4.69, 9.17) is 4.74 Å². The van der Waals surface area contributed by atoms with Crippen LogP contribution in [0.4, 0.5) is 0 Å². The van der Waals surface area contributed by atoms with Crippen LogP contribution in [0, 0.1) is 11.8 Å². The van der Waals surface area contributed by atoms with Gasteiger partial charge in [0.05, 0.1) is 7.11 Å². The number of carbonyl (C=O) groups excluding carboxylic acids is 1. The molecule has 3 heteroatoms. The number of likely N-dealkylation sites (N-methyl/N-ethyl adjacent to an activating group) is 1. The van der Waals surface area contributed by atoms with Crippen molar-refractivity contribution in [3.05, 3.63) is 29.8 Å². The second kappa shape index (κ2) is 6.09. The van der Waals surface area contributed by atoms with Gasteiger partial charge in [-0.2, -0.15) is 0 Å². The van der Waals surface area contributed by atoms with Crippen LogP contribution in [-0.2, 0) is 11.2 Å². The van der Waals surface area contributed by atoms with Gasteiger partial charge in [-0.25, -0.2) is 0 Å². The first-order valence-corrected chi connectivity index (χ1v) is 6.99. The fourth-order valence-corrected chi connectivity index (χ4v) is 2.34. The van der Waals surface area contributed by atoms with Gasteiger partial charge in [-0.05, 0) is 42.9 Å². The number of benzene rings is 1. The maximum Gasteiger partial charge on any atom is 0.225 e. The molecule has 1 saturated carbocycles. The number of hydrogen-bond acceptors (Lipinski definition) is 2. The summed E-state index contributed by atoms with van der Waals surface area (Å²) in [5, 5.41) is 0. The fourth-order valence-electron chi connectivity index (χ4n) is 2.34. The normalized spacial score (nSPS) is 15.9. The van der Waals surface area contributed by atoms with E-state index in [1.165, 1.54) is 18.4 Å². The first-order chi connectivity index (χ1) is 9.11. The van der Waals surface area contributed by atoms with E-state index in [9.17, 15) is 4.79 Å². The number of methoxy groups -OCH3 is 1. The Morgan fingerprint density at radius 2 is 2.00 bits per heavy atom. The highest BCUT2D eigenvalue weighted by atomic mass is 16.5. The summed E-state index contributed by atoms with van der Waals surface area (Å²) in [6.45, 7) is 2.84. The van der Waals surface area contributed by atoms with E-state index in [-0.39, 0.29) is 11.8 Å². The molecule has 19 heavy (non-hydrogen) atoms. The Balaban J connectivity index is 1.81. The molecule has 1 aliphatic rings. The van der Waals surface area contributed by atoms with Crippen LogP contribution in [0.15, 0.2) is 24.3 Å². The van der Waals surface area contributed by atoms with Crippen LogP contribution in [0.25, 0.3) is 0 Å². The molecule has 1 aromatic carbocycles. The lowest BCUT2D eigenvalue weighted by Gasteiger charge is -2.21. The maximum absolute atomic E-state index is 12.2. The summed E-state index contributed by atoms with van der Waals surface area (Å²) < 4.78 is 5.13. The van der Waals surface area contributed by atoms with E-state index < -0.39 is 0 Å². The highest BCUT2D eigenvalue weighted by Crippen LogP contribution is 2.37. The van der Waals surface area contributed by atoms with Crippen LogP contribution in [-0.4, -0.2) is 31.5 Å². The fraction of sp³-hybridized carbons (Fsp3) is 0.562. The van der Waals surface area contributed by atoms with Crippen LogP contribution in [0.3, 0.4) is 0 Å². The zero-order chi connectivity index (χ0) is 13.8. The van der Waals surface area contributed by atoms with Gasteiger partial charge < -0.3 is 9.64 Å². The van der Waals surface area contributed by atoms with Gasteiger partial charge in [-0.15, -0.1) is 0 Å². The minimum absolute atomic E-state index is 0.195. The van der Waals surface area contributed by atoms with E-state index in [1.54, 1.807) is 7.11 Å². The number of nitrogens with zero attached hydrogens (tertiary/aromatic N) is 1. The van der Waals surface area contributed by atoms with E-state index in [1.807, 2.05) is 24.1 Å². The first kappa shape index (κ1) is 13.9. The van der Waals surface area contributed by atoms with Gasteiger partial charge >= 0.3 is 0 Å². The third-order valence-electron chi connectivity index (χ3n) is 3.99. The molecule has 1 atom stereocenters. The van der Waals surface area contributed by atoms with Crippen molar-refractivity contribution in [1.82, 2.24) is 4.90 Å². The summed E-state index contributed by atoms with van der Waals surface area (Å²) in [6.07, 6.45) is 3.34. The third kappa shape index (κ3) is 3.72. The van der Waals surface area contributed by atoms with E-state index in [2.05, 4.69) is 19.1 Å². The molecule has 0 saturated heterocycles. The Kier molecular flexibility index (Phi) is 4.46. The molecule has 2 rings (SSSR count). The Morgan fingerprint density at radius 1 is 1.37 bits per heavy atom. The SMILES string of the molecule is COc1ccc(CCN(C)C(=O)C(C)C2CC2)cc1. The second-order valence-electron chi connectivity index (χ2n) is 5.48. The molecule has 3 nitrogen and oxygen atoms in total. The van der Waals surface area contributed by atoms with Crippen molar-refractivity contribution >= 4 is 5.91 Å². The molecule has 1 fully saturated rings. The molecule has 1 aromatic rings. The lowest BCUT2D eigenvalue weighted by Crippen LogP contribution is -2.34. The molecule has 0 aromatic heterocycles. The molecule has 0 N–H and O–H groups in total. The molecule has 0 heterocycles. The van der Waals surface area contributed by atoms with Crippen LogP contribution in [0.1, 0.15) is 25.3 Å². The Hall–Kier alpha value is -1.51. The maximum atomic E-state index is 12.2. The van der Waals surface area contributed by atoms with Gasteiger partial charge in [0.1, 0.15) is 5.75 Å². The molecule has 104 valence electrons. The van der Waals surface area contributed by atoms with Gasteiger partial charge in [-0.1, -0.05) is 19.1 Å². The molecule has 1 unspecified atom stereocenters. The van der Waals surface area contributed by atoms with Gasteiger partial charge in [-0.3, -0.25) is 4.79 Å². The van der Waals surface area contributed by atoms with Crippen LogP contribution in [0.2, 0.25) is 0 Å². The molecule has 0 spiro atoms. The second-order valence-corrected chi connectivity index (χ2v) is 5.48. The van der Waals surface area contributed by atoms with Crippen molar-refractivity contribution in [2.45, 2.75) is 26.2 Å². The Bertz CT molecular complexity index is 423. The van der Waals surface area contributed by atoms with E-state index in [0.29, 0.717) is 5.92 Å². The Labute approximate surface area is 115 Å². The van der Waals surface area contributed by atoms with Crippen molar-refractivity contribution in [2.24, 2.45) is 11.8 Å². The minimum Gasteiger partial charge on any atom is -0.497 e. The predicted molar refractivity (Wildman–Crippen MR) is 76.2 cm³/mol. The van der Waals surface area contributed by atoms with Crippen molar-refractivity contribution in [3.63, 3.8) is 0 Å². The third-order valence-corrected chi connectivity index (χ3v) is 3.99. The van der Waals surface area contributed by atoms with Crippen molar-refractivity contribution in [2.75, 3.05) is 20.7 Å². The van der Waals surface area contributed by atoms with E-state index >= 15 is 0 Å². The number of rotatable bonds is 6. The highest BCUT2D eigenvalue weighted by molar-refractivity contribution is 5.78. The monoisotopic (exact) mass is 261 g/mol. The topological polar surface area (TPSA) is 29.5 Å². The van der Waals surface area contributed by atoms with Crippen LogP contribution < -0.4 is 4.74 Å². The molecular weight excluding hydrogens is 238 g/mol. The van der Waals surface area contributed by atoms with Crippen LogP contribution >= 0.6 is 0 Å². The number of amides is 1. The lowest BCUT2D eigenvalue weighted by molar-refractivity contribution is -0.134. The first-order valence-electron chi connectivity index (χ1n) is 6.99. The molecule has 1 aliphatic carbocycles. The number of ether oxygens (including phenoxy) is 1. The van der Waals surface area contributed by atoms with Gasteiger partial charge in [0.15, 0.2) is 0 Å². The van der Waals surface area contributed by atoms with Gasteiger partial charge in [0, 0.05) is 19.5 Å². The van der Waals surface area contributed by atoms with Gasteiger partial charge in [0.2, 0.25) is 5.91 Å². The zero-order valence-corrected chi connectivity index (χ0v) is 12.1. The lowest BCUT2D eigenvalue weighted by atomic mass is 10.0. The molecule has 0 bridgehead atoms. The summed E-state index contributed by atoms with van der Waals surface area (Å²) in [5.74, 6) is 1.99. The zero-order valence-electron chi connectivity index (χ0n) is 12.1. The van der Waals surface area contributed by atoms with Crippen molar-refractivity contribution in [3.8, 4) is 5.75 Å². The number of carbonyl (C=O) groups is 1. The quantitative estimate of drug-likeness (QED) is 0.788. The van der Waals surface area contributed by atoms with Crippen molar-refractivity contribution in [1.29, 1.82) is 0 Å². The molecule has 1 amide bonds. The number of hydrogen-bond donors (Lipinski definition) is 0. The summed E-state index contributed by atoms with van der Waals surface area (Å²) in [5.41, 5.74) is 1.24. The average molecular weight is 261 g/mol. The van der Waals surface area contributed by atoms with Crippen LogP contribution in [0.5, 0.6) is 5.75 Å². The smallest absolute Gasteiger partial charge is 0.225 e. The van der Waals surface area contributed by atoms with E-state index in [0.717, 1.165) is 18.7 Å². The molecule has 0 aliphatic heterocycles. The standard InChI is InChI=1S/C16H23NO2/c1-12(14-6-7-14)16(18)17(2)11-10-13-4-8-15(19-3)9-5-13/h4-5,8-9,12,14H,6-7,10-11H2,1-3H3. The van der Waals surface area contributed by atoms with Crippen molar-refractivity contribution < 1.29 is 9.53 Å². The Morgan fingerprint density at radius 3 is 2.53 bits per heavy atom. The van der Waals surface area contributed by atoms with Gasteiger partial charge in [0.25, 0.3) is 0 Å². The summed E-state index contributed by atoms with van der Waals surface area (Å²) >= 11 is 0. The minimum atomic E-state index is 0.195. The predicted octanol–water partition coefficient (Wildman–Crippen LogP) is 2.74. The molecule has 0 radical (unpaired) electrons. The largest absolute Gasteiger partial charge is 0.497 e. The average Bonchev–Trinajstić information content (AvgIpc) is 3.28. The highest BCUT2D eigenvalue weighted by Gasteiger charge is 2.33. The summed E-state index contributed by atoms with van der Waals surface area (Å²) in [4.78, 5) is 14.0. The summed E-state index contributed by atoms with van der Waals surface area (Å²) in [7, 11) is 3.57. The summed E-state index contributed by atoms with van der Waals surface area (Å²) in [6, 6.07) is 8.04. The molecular formula is C16H23NO2.